The van der Waals surface area contributed by atoms with E-state index < -0.39 is 4.92 Å². The van der Waals surface area contributed by atoms with Crippen LogP contribution >= 0.6 is 23.4 Å². The van der Waals surface area contributed by atoms with Crippen LogP contribution in [0.5, 0.6) is 0 Å². The lowest BCUT2D eigenvalue weighted by molar-refractivity contribution is -0.384. The van der Waals surface area contributed by atoms with Crippen molar-refractivity contribution in [2.45, 2.75) is 12.7 Å². The highest BCUT2D eigenvalue weighted by Crippen LogP contribution is 2.27. The molecule has 0 heterocycles. The second-order valence-electron chi connectivity index (χ2n) is 4.89. The zero-order valence-corrected chi connectivity index (χ0v) is 14.0. The summed E-state index contributed by atoms with van der Waals surface area (Å²) in [5.74, 6) is 0.828. The molecule has 23 heavy (non-hydrogen) atoms. The van der Waals surface area contributed by atoms with E-state index in [9.17, 15) is 14.9 Å². The first-order valence-corrected chi connectivity index (χ1v) is 8.36. The quantitative estimate of drug-likeness (QED) is 0.618. The molecule has 120 valence electrons. The van der Waals surface area contributed by atoms with Crippen molar-refractivity contribution in [1.29, 1.82) is 0 Å². The molecule has 0 atom stereocenters. The van der Waals surface area contributed by atoms with E-state index >= 15 is 0 Å². The monoisotopic (exact) mass is 350 g/mol. The van der Waals surface area contributed by atoms with Crippen molar-refractivity contribution < 1.29 is 9.72 Å². The molecule has 5 nitrogen and oxygen atoms in total. The molecule has 2 aromatic carbocycles. The number of thioether (sulfide) groups is 1. The van der Waals surface area contributed by atoms with Crippen LogP contribution in [-0.4, -0.2) is 16.6 Å². The van der Waals surface area contributed by atoms with Gasteiger partial charge in [-0.25, -0.2) is 0 Å². The Morgan fingerprint density at radius 2 is 2.04 bits per heavy atom. The number of benzene rings is 2. The lowest BCUT2D eigenvalue weighted by Crippen LogP contribution is -2.14. The van der Waals surface area contributed by atoms with Crippen LogP contribution in [0, 0.1) is 17.0 Å². The topological polar surface area (TPSA) is 72.2 Å². The molecule has 1 N–H and O–H groups in total. The van der Waals surface area contributed by atoms with E-state index in [1.165, 1.54) is 41.1 Å². The van der Waals surface area contributed by atoms with Gasteiger partial charge in [0.25, 0.3) is 5.69 Å². The first-order valence-electron chi connectivity index (χ1n) is 6.83. The molecule has 0 saturated heterocycles. The number of non-ortho nitro benzene ring substituents is 1. The summed E-state index contributed by atoms with van der Waals surface area (Å²) in [5, 5.41) is 13.5. The third kappa shape index (κ3) is 4.97. The number of carbonyl (C=O) groups excluding carboxylic acids is 1. The number of nitro benzene ring substituents is 1. The van der Waals surface area contributed by atoms with Crippen LogP contribution in [0.4, 0.5) is 11.4 Å². The third-order valence-electron chi connectivity index (χ3n) is 3.19. The van der Waals surface area contributed by atoms with Gasteiger partial charge >= 0.3 is 0 Å². The van der Waals surface area contributed by atoms with Gasteiger partial charge < -0.3 is 5.32 Å². The summed E-state index contributed by atoms with van der Waals surface area (Å²) in [5.41, 5.74) is 2.65. The number of nitrogens with zero attached hydrogens (tertiary/aromatic N) is 1. The molecule has 0 aliphatic carbocycles. The third-order valence-corrected chi connectivity index (χ3v) is 4.48. The summed E-state index contributed by atoms with van der Waals surface area (Å²) in [6.07, 6.45) is 0. The van der Waals surface area contributed by atoms with Gasteiger partial charge in [0.1, 0.15) is 0 Å². The summed E-state index contributed by atoms with van der Waals surface area (Å²) in [6.45, 7) is 2.03. The predicted molar refractivity (Wildman–Crippen MR) is 94.1 cm³/mol. The minimum absolute atomic E-state index is 0.109. The largest absolute Gasteiger partial charge is 0.324 e. The molecule has 0 aromatic heterocycles. The van der Waals surface area contributed by atoms with Crippen molar-refractivity contribution in [2.24, 2.45) is 0 Å². The molecule has 2 rings (SSSR count). The number of anilines is 1. The maximum atomic E-state index is 11.9. The zero-order chi connectivity index (χ0) is 16.8. The number of amides is 1. The molecule has 7 heteroatoms. The molecule has 0 fully saturated rings. The maximum Gasteiger partial charge on any atom is 0.271 e. The smallest absolute Gasteiger partial charge is 0.271 e. The molecule has 1 amide bonds. The summed E-state index contributed by atoms with van der Waals surface area (Å²) in [7, 11) is 0. The minimum atomic E-state index is -0.532. The molecule has 0 aliphatic heterocycles. The Morgan fingerprint density at radius 1 is 1.30 bits per heavy atom. The molecule has 0 radical (unpaired) electrons. The summed E-state index contributed by atoms with van der Waals surface area (Å²) >= 11 is 7.44. The number of nitro groups is 1. The van der Waals surface area contributed by atoms with Crippen LogP contribution in [0.25, 0.3) is 0 Å². The number of halogens is 1. The number of hydrogen-bond donors (Lipinski definition) is 1. The highest BCUT2D eigenvalue weighted by Gasteiger charge is 2.11. The summed E-state index contributed by atoms with van der Waals surface area (Å²) < 4.78 is 0. The Kier molecular flexibility index (Phi) is 6.01. The van der Waals surface area contributed by atoms with E-state index in [1.807, 2.05) is 31.2 Å². The Labute approximate surface area is 143 Å². The average molecular weight is 351 g/mol. The fourth-order valence-corrected chi connectivity index (χ4v) is 3.06. The first-order chi connectivity index (χ1) is 11.0. The van der Waals surface area contributed by atoms with E-state index in [2.05, 4.69) is 5.32 Å². The van der Waals surface area contributed by atoms with Crippen molar-refractivity contribution >= 4 is 40.6 Å². The van der Waals surface area contributed by atoms with Gasteiger partial charge in [0, 0.05) is 17.9 Å². The van der Waals surface area contributed by atoms with E-state index in [4.69, 9.17) is 11.6 Å². The molecule has 2 aromatic rings. The van der Waals surface area contributed by atoms with Crippen LogP contribution in [0.2, 0.25) is 5.02 Å². The highest BCUT2D eigenvalue weighted by atomic mass is 35.5. The lowest BCUT2D eigenvalue weighted by atomic mass is 10.1. The van der Waals surface area contributed by atoms with Crippen molar-refractivity contribution in [1.82, 2.24) is 0 Å². The molecule has 0 unspecified atom stereocenters. The number of rotatable bonds is 6. The standard InChI is InChI=1S/C16H15ClN2O3S/c1-11-4-2-3-5-12(11)9-23-10-16(20)18-15-7-6-13(19(21)22)8-14(15)17/h2-8H,9-10H2,1H3,(H,18,20). The van der Waals surface area contributed by atoms with Gasteiger partial charge in [-0.1, -0.05) is 35.9 Å². The van der Waals surface area contributed by atoms with Crippen LogP contribution in [0.1, 0.15) is 11.1 Å². The molecular formula is C16H15ClN2O3S. The summed E-state index contributed by atoms with van der Waals surface area (Å²) in [6, 6.07) is 12.0. The van der Waals surface area contributed by atoms with Gasteiger partial charge in [-0.05, 0) is 24.1 Å². The van der Waals surface area contributed by atoms with Crippen molar-refractivity contribution in [3.63, 3.8) is 0 Å². The van der Waals surface area contributed by atoms with Crippen LogP contribution in [0.15, 0.2) is 42.5 Å². The molecule has 0 saturated carbocycles. The highest BCUT2D eigenvalue weighted by molar-refractivity contribution is 7.99. The molecule has 0 spiro atoms. The van der Waals surface area contributed by atoms with Gasteiger partial charge in [-0.3, -0.25) is 14.9 Å². The van der Waals surface area contributed by atoms with Gasteiger partial charge in [-0.15, -0.1) is 11.8 Å². The predicted octanol–water partition coefficient (Wildman–Crippen LogP) is 4.43. The average Bonchev–Trinajstić information content (AvgIpc) is 2.51. The number of aryl methyl sites for hydroxylation is 1. The molecule has 0 bridgehead atoms. The second-order valence-corrected chi connectivity index (χ2v) is 6.28. The van der Waals surface area contributed by atoms with Gasteiger partial charge in [-0.2, -0.15) is 0 Å². The Hall–Kier alpha value is -2.05. The number of carbonyl (C=O) groups is 1. The van der Waals surface area contributed by atoms with Crippen LogP contribution in [-0.2, 0) is 10.5 Å². The van der Waals surface area contributed by atoms with Crippen LogP contribution in [0.3, 0.4) is 0 Å². The molecule has 0 aliphatic rings. The maximum absolute atomic E-state index is 11.9. The van der Waals surface area contributed by atoms with E-state index in [0.29, 0.717) is 5.69 Å². The van der Waals surface area contributed by atoms with Gasteiger partial charge in [0.05, 0.1) is 21.4 Å². The number of nitrogens with one attached hydrogen (secondary N) is 1. The van der Waals surface area contributed by atoms with Crippen molar-refractivity contribution in [2.75, 3.05) is 11.1 Å². The summed E-state index contributed by atoms with van der Waals surface area (Å²) in [4.78, 5) is 22.0. The Bertz CT molecular complexity index is 737. The van der Waals surface area contributed by atoms with Crippen molar-refractivity contribution in [3.8, 4) is 0 Å². The fourth-order valence-electron chi connectivity index (χ4n) is 1.93. The molecular weight excluding hydrogens is 336 g/mol. The number of hydrogen-bond acceptors (Lipinski definition) is 4. The SMILES string of the molecule is Cc1ccccc1CSCC(=O)Nc1ccc([N+](=O)[O-])cc1Cl. The lowest BCUT2D eigenvalue weighted by Gasteiger charge is -2.08. The minimum Gasteiger partial charge on any atom is -0.324 e. The van der Waals surface area contributed by atoms with Gasteiger partial charge in [0.15, 0.2) is 0 Å². The first kappa shape index (κ1) is 17.3. The van der Waals surface area contributed by atoms with E-state index in [1.54, 1.807) is 0 Å². The van der Waals surface area contributed by atoms with Crippen LogP contribution < -0.4 is 5.32 Å². The van der Waals surface area contributed by atoms with E-state index in [0.717, 1.165) is 5.75 Å². The normalized spacial score (nSPS) is 10.3. The Morgan fingerprint density at radius 3 is 2.70 bits per heavy atom. The van der Waals surface area contributed by atoms with E-state index in [-0.39, 0.29) is 22.4 Å². The second kappa shape index (κ2) is 7.99. The Balaban J connectivity index is 1.88. The van der Waals surface area contributed by atoms with Crippen molar-refractivity contribution in [3.05, 3.63) is 68.7 Å². The fraction of sp³-hybridized carbons (Fsp3) is 0.188. The van der Waals surface area contributed by atoms with Gasteiger partial charge in [0.2, 0.25) is 5.91 Å². The zero-order valence-electron chi connectivity index (χ0n) is 12.4.